The number of carbonyl (C=O) groups excluding carboxylic acids is 2. The largest absolute Gasteiger partial charge is 0.372 e. The maximum atomic E-state index is 12.1. The van der Waals surface area contributed by atoms with Crippen molar-refractivity contribution < 1.29 is 9.59 Å². The molecular weight excluding hydrogens is 278 g/mol. The highest BCUT2D eigenvalue weighted by molar-refractivity contribution is 6.05. The maximum absolute atomic E-state index is 12.1. The summed E-state index contributed by atoms with van der Waals surface area (Å²) < 4.78 is 0. The Morgan fingerprint density at radius 3 is 2.64 bits per heavy atom. The minimum absolute atomic E-state index is 0.0410. The standard InChI is InChI=1S/C17H25N3O2/c1-5-11(4)18-16(21)12-6-7-13-14(9-12)20-17(22)15(19-13)8-10(2)3/h6-7,9-11,15,19H,5,8H2,1-4H3,(H,18,21)(H,20,22)/t11-,15+/m1/s1. The van der Waals surface area contributed by atoms with Crippen LogP contribution < -0.4 is 16.0 Å². The molecule has 120 valence electrons. The van der Waals surface area contributed by atoms with Crippen molar-refractivity contribution in [2.75, 3.05) is 10.6 Å². The molecule has 0 unspecified atom stereocenters. The van der Waals surface area contributed by atoms with Crippen LogP contribution in [0.3, 0.4) is 0 Å². The van der Waals surface area contributed by atoms with Gasteiger partial charge < -0.3 is 16.0 Å². The normalized spacial score (nSPS) is 18.2. The van der Waals surface area contributed by atoms with Gasteiger partial charge in [0, 0.05) is 11.6 Å². The Kier molecular flexibility index (Phi) is 5.06. The molecule has 0 fully saturated rings. The molecule has 1 aliphatic rings. The molecule has 2 amide bonds. The summed E-state index contributed by atoms with van der Waals surface area (Å²) in [5.74, 6) is 0.279. The molecule has 1 aromatic rings. The second-order valence-corrected chi connectivity index (χ2v) is 6.36. The molecule has 3 N–H and O–H groups in total. The highest BCUT2D eigenvalue weighted by Crippen LogP contribution is 2.29. The van der Waals surface area contributed by atoms with Gasteiger partial charge in [0.15, 0.2) is 0 Å². The summed E-state index contributed by atoms with van der Waals surface area (Å²) in [6.45, 7) is 8.17. The van der Waals surface area contributed by atoms with Gasteiger partial charge in [-0.3, -0.25) is 9.59 Å². The van der Waals surface area contributed by atoms with Gasteiger partial charge >= 0.3 is 0 Å². The molecule has 5 heteroatoms. The molecule has 5 nitrogen and oxygen atoms in total. The fourth-order valence-corrected chi connectivity index (χ4v) is 2.43. The SMILES string of the molecule is CC[C@@H](C)NC(=O)c1ccc2c(c1)NC(=O)[C@H](CC(C)C)N2. The second kappa shape index (κ2) is 6.81. The van der Waals surface area contributed by atoms with Crippen LogP contribution >= 0.6 is 0 Å². The molecule has 0 bridgehead atoms. The average Bonchev–Trinajstić information content (AvgIpc) is 2.46. The predicted octanol–water partition coefficient (Wildman–Crippen LogP) is 2.99. The molecule has 0 aliphatic carbocycles. The van der Waals surface area contributed by atoms with E-state index < -0.39 is 0 Å². The maximum Gasteiger partial charge on any atom is 0.251 e. The topological polar surface area (TPSA) is 70.2 Å². The van der Waals surface area contributed by atoms with Crippen LogP contribution in [0, 0.1) is 5.92 Å². The first-order chi connectivity index (χ1) is 10.4. The van der Waals surface area contributed by atoms with E-state index in [-0.39, 0.29) is 23.9 Å². The van der Waals surface area contributed by atoms with E-state index in [0.717, 1.165) is 18.5 Å². The lowest BCUT2D eigenvalue weighted by Gasteiger charge is -2.28. The van der Waals surface area contributed by atoms with Gasteiger partial charge in [-0.25, -0.2) is 0 Å². The zero-order chi connectivity index (χ0) is 16.3. The Labute approximate surface area is 131 Å². The van der Waals surface area contributed by atoms with Gasteiger partial charge in [0.05, 0.1) is 11.4 Å². The Hall–Kier alpha value is -2.04. The first kappa shape index (κ1) is 16.3. The van der Waals surface area contributed by atoms with Gasteiger partial charge in [0.1, 0.15) is 6.04 Å². The van der Waals surface area contributed by atoms with Crippen molar-refractivity contribution in [3.8, 4) is 0 Å². The van der Waals surface area contributed by atoms with Crippen molar-refractivity contribution >= 4 is 23.2 Å². The van der Waals surface area contributed by atoms with Crippen LogP contribution in [0.25, 0.3) is 0 Å². The third kappa shape index (κ3) is 3.78. The minimum atomic E-state index is -0.215. The summed E-state index contributed by atoms with van der Waals surface area (Å²) >= 11 is 0. The van der Waals surface area contributed by atoms with Crippen LogP contribution in [0.1, 0.15) is 50.9 Å². The number of benzene rings is 1. The molecule has 1 aromatic carbocycles. The Morgan fingerprint density at radius 2 is 2.00 bits per heavy atom. The lowest BCUT2D eigenvalue weighted by Crippen LogP contribution is -2.40. The van der Waals surface area contributed by atoms with E-state index in [1.807, 2.05) is 19.9 Å². The minimum Gasteiger partial charge on any atom is -0.372 e. The van der Waals surface area contributed by atoms with Crippen molar-refractivity contribution in [2.45, 2.75) is 52.6 Å². The summed E-state index contributed by atoms with van der Waals surface area (Å²) in [4.78, 5) is 24.3. The Balaban J connectivity index is 2.14. The number of hydrogen-bond acceptors (Lipinski definition) is 3. The van der Waals surface area contributed by atoms with Crippen LogP contribution in [0.15, 0.2) is 18.2 Å². The van der Waals surface area contributed by atoms with Crippen molar-refractivity contribution in [2.24, 2.45) is 5.92 Å². The number of anilines is 2. The monoisotopic (exact) mass is 303 g/mol. The summed E-state index contributed by atoms with van der Waals surface area (Å²) in [5.41, 5.74) is 2.09. The van der Waals surface area contributed by atoms with E-state index in [1.54, 1.807) is 12.1 Å². The lowest BCUT2D eigenvalue weighted by atomic mass is 10.00. The molecule has 1 aliphatic heterocycles. The Bertz CT molecular complexity index is 569. The van der Waals surface area contributed by atoms with E-state index >= 15 is 0 Å². The van der Waals surface area contributed by atoms with Crippen LogP contribution in [-0.4, -0.2) is 23.9 Å². The van der Waals surface area contributed by atoms with Crippen LogP contribution in [0.5, 0.6) is 0 Å². The van der Waals surface area contributed by atoms with Crippen LogP contribution in [0.4, 0.5) is 11.4 Å². The van der Waals surface area contributed by atoms with Gasteiger partial charge in [-0.15, -0.1) is 0 Å². The molecule has 0 aromatic heterocycles. The number of nitrogens with one attached hydrogen (secondary N) is 3. The molecule has 0 saturated heterocycles. The first-order valence-corrected chi connectivity index (χ1v) is 7.93. The second-order valence-electron chi connectivity index (χ2n) is 6.36. The van der Waals surface area contributed by atoms with E-state index in [2.05, 4.69) is 29.8 Å². The molecule has 2 atom stereocenters. The zero-order valence-electron chi connectivity index (χ0n) is 13.7. The molecule has 1 heterocycles. The van der Waals surface area contributed by atoms with Gasteiger partial charge in [-0.1, -0.05) is 20.8 Å². The van der Waals surface area contributed by atoms with Crippen LogP contribution in [-0.2, 0) is 4.79 Å². The lowest BCUT2D eigenvalue weighted by molar-refractivity contribution is -0.117. The zero-order valence-corrected chi connectivity index (χ0v) is 13.7. The first-order valence-electron chi connectivity index (χ1n) is 7.93. The van der Waals surface area contributed by atoms with Gasteiger partial charge in [-0.05, 0) is 43.9 Å². The van der Waals surface area contributed by atoms with Crippen molar-refractivity contribution in [3.63, 3.8) is 0 Å². The van der Waals surface area contributed by atoms with Crippen molar-refractivity contribution in [3.05, 3.63) is 23.8 Å². The molecule has 0 radical (unpaired) electrons. The third-order valence-corrected chi connectivity index (χ3v) is 3.88. The molecule has 0 saturated carbocycles. The van der Waals surface area contributed by atoms with Crippen molar-refractivity contribution in [1.82, 2.24) is 5.32 Å². The van der Waals surface area contributed by atoms with Crippen molar-refractivity contribution in [1.29, 1.82) is 0 Å². The molecule has 0 spiro atoms. The summed E-state index contributed by atoms with van der Waals surface area (Å²) in [6, 6.07) is 5.28. The smallest absolute Gasteiger partial charge is 0.251 e. The molecule has 2 rings (SSSR count). The third-order valence-electron chi connectivity index (χ3n) is 3.88. The quantitative estimate of drug-likeness (QED) is 0.783. The number of hydrogen-bond donors (Lipinski definition) is 3. The van der Waals surface area contributed by atoms with E-state index in [0.29, 0.717) is 17.2 Å². The molecular formula is C17H25N3O2. The number of fused-ring (bicyclic) bond motifs is 1. The Morgan fingerprint density at radius 1 is 1.27 bits per heavy atom. The summed E-state index contributed by atoms with van der Waals surface area (Å²) in [5, 5.41) is 9.08. The highest BCUT2D eigenvalue weighted by Gasteiger charge is 2.26. The predicted molar refractivity (Wildman–Crippen MR) is 89.2 cm³/mol. The number of rotatable bonds is 5. The number of carbonyl (C=O) groups is 2. The number of amides is 2. The molecule has 22 heavy (non-hydrogen) atoms. The summed E-state index contributed by atoms with van der Waals surface area (Å²) in [6.07, 6.45) is 1.66. The van der Waals surface area contributed by atoms with E-state index in [9.17, 15) is 9.59 Å². The van der Waals surface area contributed by atoms with Crippen LogP contribution in [0.2, 0.25) is 0 Å². The van der Waals surface area contributed by atoms with E-state index in [4.69, 9.17) is 0 Å². The van der Waals surface area contributed by atoms with Gasteiger partial charge in [0.2, 0.25) is 5.91 Å². The fourth-order valence-electron chi connectivity index (χ4n) is 2.43. The highest BCUT2D eigenvalue weighted by atomic mass is 16.2. The van der Waals surface area contributed by atoms with E-state index in [1.165, 1.54) is 0 Å². The fraction of sp³-hybridized carbons (Fsp3) is 0.529. The summed E-state index contributed by atoms with van der Waals surface area (Å²) in [7, 11) is 0. The van der Waals surface area contributed by atoms with Gasteiger partial charge in [-0.2, -0.15) is 0 Å². The average molecular weight is 303 g/mol. The van der Waals surface area contributed by atoms with Gasteiger partial charge in [0.25, 0.3) is 5.91 Å².